The lowest BCUT2D eigenvalue weighted by atomic mass is 10.4. The van der Waals surface area contributed by atoms with Crippen molar-refractivity contribution in [2.75, 3.05) is 19.8 Å². The third-order valence-electron chi connectivity index (χ3n) is 1.66. The first-order valence-electron chi connectivity index (χ1n) is 4.34. The molecular formula is C8H16O3Si. The zero-order chi connectivity index (χ0) is 8.86. The Balaban J connectivity index is 2.45. The highest BCUT2D eigenvalue weighted by Crippen LogP contribution is 2.11. The van der Waals surface area contributed by atoms with Crippen LogP contribution in [0.3, 0.4) is 0 Å². The lowest BCUT2D eigenvalue weighted by molar-refractivity contribution is 0.0772. The van der Waals surface area contributed by atoms with E-state index in [9.17, 15) is 0 Å². The van der Waals surface area contributed by atoms with E-state index in [1.807, 2.05) is 19.5 Å². The lowest BCUT2D eigenvalue weighted by Gasteiger charge is -2.25. The minimum atomic E-state index is -2.27. The van der Waals surface area contributed by atoms with E-state index >= 15 is 0 Å². The van der Waals surface area contributed by atoms with E-state index in [-0.39, 0.29) is 0 Å². The number of hydrogen-bond acceptors (Lipinski definition) is 3. The molecule has 0 saturated heterocycles. The molecule has 0 N–H and O–H groups in total. The number of hydrogen-bond donors (Lipinski definition) is 0. The van der Waals surface area contributed by atoms with Gasteiger partial charge in [-0.3, -0.25) is 0 Å². The van der Waals surface area contributed by atoms with Crippen LogP contribution in [0.4, 0.5) is 0 Å². The predicted molar refractivity (Wildman–Crippen MR) is 48.9 cm³/mol. The maximum Gasteiger partial charge on any atom is 0.497 e. The van der Waals surface area contributed by atoms with E-state index in [1.54, 1.807) is 0 Å². The molecule has 1 atom stereocenters. The molecule has 3 nitrogen and oxygen atoms in total. The molecule has 1 unspecified atom stereocenters. The molecular weight excluding hydrogens is 172 g/mol. The zero-order valence-electron chi connectivity index (χ0n) is 7.71. The lowest BCUT2D eigenvalue weighted by Crippen LogP contribution is -2.43. The highest BCUT2D eigenvalue weighted by Gasteiger charge is 2.34. The molecule has 0 aromatic carbocycles. The van der Waals surface area contributed by atoms with Gasteiger partial charge < -0.3 is 13.3 Å². The van der Waals surface area contributed by atoms with Gasteiger partial charge in [-0.25, -0.2) is 0 Å². The first-order valence-corrected chi connectivity index (χ1v) is 6.56. The largest absolute Gasteiger partial charge is 0.497 e. The smallest absolute Gasteiger partial charge is 0.374 e. The molecule has 1 rings (SSSR count). The van der Waals surface area contributed by atoms with E-state index in [0.717, 1.165) is 6.42 Å². The molecule has 0 aromatic rings. The summed E-state index contributed by atoms with van der Waals surface area (Å²) in [5.74, 6) is 0. The summed E-state index contributed by atoms with van der Waals surface area (Å²) in [7, 11) is -2.27. The van der Waals surface area contributed by atoms with Gasteiger partial charge in [0.1, 0.15) is 0 Å². The molecule has 0 aliphatic carbocycles. The molecule has 70 valence electrons. The first kappa shape index (κ1) is 9.92. The van der Waals surface area contributed by atoms with Crippen LogP contribution >= 0.6 is 0 Å². The standard InChI is InChI=1S/C8H16O3Si/c1-3-9-12(2)10-7-5-4-6-8-11-12/h4-5H,3,6-8H2,1-2H3/b5-4-. The van der Waals surface area contributed by atoms with Crippen LogP contribution in [0.25, 0.3) is 0 Å². The fourth-order valence-corrected chi connectivity index (χ4v) is 2.75. The molecule has 4 heteroatoms. The SMILES string of the molecule is CCO[Si]1(C)OC/C=C\CCO1. The minimum absolute atomic E-state index is 0.614. The van der Waals surface area contributed by atoms with Crippen LogP contribution in [0.2, 0.25) is 6.55 Å². The van der Waals surface area contributed by atoms with E-state index in [2.05, 4.69) is 6.08 Å². The van der Waals surface area contributed by atoms with Crippen molar-refractivity contribution in [2.24, 2.45) is 0 Å². The van der Waals surface area contributed by atoms with Gasteiger partial charge in [-0.1, -0.05) is 12.2 Å². The van der Waals surface area contributed by atoms with E-state index < -0.39 is 8.80 Å². The Morgan fingerprint density at radius 2 is 2.25 bits per heavy atom. The van der Waals surface area contributed by atoms with Crippen LogP contribution in [0.5, 0.6) is 0 Å². The highest BCUT2D eigenvalue weighted by molar-refractivity contribution is 6.59. The molecule has 0 saturated carbocycles. The first-order chi connectivity index (χ1) is 5.77. The van der Waals surface area contributed by atoms with E-state index in [1.165, 1.54) is 0 Å². The van der Waals surface area contributed by atoms with E-state index in [0.29, 0.717) is 19.8 Å². The molecule has 0 spiro atoms. The Bertz CT molecular complexity index is 160. The summed E-state index contributed by atoms with van der Waals surface area (Å²) in [6.07, 6.45) is 5.05. The summed E-state index contributed by atoms with van der Waals surface area (Å²) in [5, 5.41) is 0. The van der Waals surface area contributed by atoms with Gasteiger partial charge in [0.05, 0.1) is 6.61 Å². The van der Waals surface area contributed by atoms with Crippen LogP contribution in [-0.4, -0.2) is 28.6 Å². The van der Waals surface area contributed by atoms with Crippen LogP contribution in [0.1, 0.15) is 13.3 Å². The van der Waals surface area contributed by atoms with E-state index in [4.69, 9.17) is 13.3 Å². The van der Waals surface area contributed by atoms with Crippen molar-refractivity contribution < 1.29 is 13.3 Å². The average Bonchev–Trinajstić information content (AvgIpc) is 1.99. The summed E-state index contributed by atoms with van der Waals surface area (Å²) in [5.41, 5.74) is 0. The zero-order valence-corrected chi connectivity index (χ0v) is 8.71. The van der Waals surface area contributed by atoms with Gasteiger partial charge in [0, 0.05) is 19.8 Å². The van der Waals surface area contributed by atoms with Crippen LogP contribution < -0.4 is 0 Å². The summed E-state index contributed by atoms with van der Waals surface area (Å²) < 4.78 is 16.5. The summed E-state index contributed by atoms with van der Waals surface area (Å²) in [6.45, 7) is 5.88. The fourth-order valence-electron chi connectivity index (χ4n) is 1.08. The fraction of sp³-hybridized carbons (Fsp3) is 0.750. The Morgan fingerprint density at radius 3 is 3.00 bits per heavy atom. The summed E-state index contributed by atoms with van der Waals surface area (Å²) in [4.78, 5) is 0. The van der Waals surface area contributed by atoms with Gasteiger partial charge in [0.15, 0.2) is 0 Å². The molecule has 1 aliphatic heterocycles. The van der Waals surface area contributed by atoms with Gasteiger partial charge in [-0.05, 0) is 13.3 Å². The quantitative estimate of drug-likeness (QED) is 0.486. The van der Waals surface area contributed by atoms with Crippen LogP contribution in [-0.2, 0) is 13.3 Å². The van der Waals surface area contributed by atoms with Crippen molar-refractivity contribution in [3.63, 3.8) is 0 Å². The van der Waals surface area contributed by atoms with Crippen LogP contribution in [0, 0.1) is 0 Å². The maximum atomic E-state index is 5.55. The molecule has 0 radical (unpaired) electrons. The van der Waals surface area contributed by atoms with Gasteiger partial charge in [-0.15, -0.1) is 0 Å². The van der Waals surface area contributed by atoms with Crippen molar-refractivity contribution >= 4 is 8.80 Å². The Labute approximate surface area is 74.7 Å². The normalized spacial score (nSPS) is 33.8. The second kappa shape index (κ2) is 4.76. The third kappa shape index (κ3) is 3.06. The van der Waals surface area contributed by atoms with Gasteiger partial charge in [-0.2, -0.15) is 0 Å². The highest BCUT2D eigenvalue weighted by atomic mass is 28.4. The van der Waals surface area contributed by atoms with Crippen LogP contribution in [0.15, 0.2) is 12.2 Å². The Kier molecular flexibility index (Phi) is 3.94. The predicted octanol–water partition coefficient (Wildman–Crippen LogP) is 1.58. The van der Waals surface area contributed by atoms with Gasteiger partial charge >= 0.3 is 8.80 Å². The van der Waals surface area contributed by atoms with Gasteiger partial charge in [0.25, 0.3) is 0 Å². The topological polar surface area (TPSA) is 27.7 Å². The molecule has 12 heavy (non-hydrogen) atoms. The monoisotopic (exact) mass is 188 g/mol. The summed E-state index contributed by atoms with van der Waals surface area (Å²) in [6, 6.07) is 0. The third-order valence-corrected chi connectivity index (χ3v) is 3.90. The van der Waals surface area contributed by atoms with Crippen molar-refractivity contribution in [3.05, 3.63) is 12.2 Å². The molecule has 0 bridgehead atoms. The average molecular weight is 188 g/mol. The second-order valence-electron chi connectivity index (χ2n) is 2.71. The van der Waals surface area contributed by atoms with Gasteiger partial charge in [0.2, 0.25) is 0 Å². The number of rotatable bonds is 2. The Morgan fingerprint density at radius 1 is 1.42 bits per heavy atom. The summed E-state index contributed by atoms with van der Waals surface area (Å²) >= 11 is 0. The van der Waals surface area contributed by atoms with Crippen molar-refractivity contribution in [3.8, 4) is 0 Å². The molecule has 1 aliphatic rings. The second-order valence-corrected chi connectivity index (χ2v) is 5.31. The maximum absolute atomic E-state index is 5.55. The van der Waals surface area contributed by atoms with Crippen molar-refractivity contribution in [1.29, 1.82) is 0 Å². The van der Waals surface area contributed by atoms with Crippen molar-refractivity contribution in [2.45, 2.75) is 19.9 Å². The Hall–Kier alpha value is -0.163. The molecule has 0 fully saturated rings. The molecule has 0 aromatic heterocycles. The van der Waals surface area contributed by atoms with Crippen molar-refractivity contribution in [1.82, 2.24) is 0 Å². The molecule has 1 heterocycles. The minimum Gasteiger partial charge on any atom is -0.374 e. The molecule has 0 amide bonds.